The van der Waals surface area contributed by atoms with E-state index in [4.69, 9.17) is 33.4 Å². The molecule has 2 N–H and O–H groups in total. The van der Waals surface area contributed by atoms with Gasteiger partial charge in [0.25, 0.3) is 0 Å². The number of rotatable bonds is 2. The summed E-state index contributed by atoms with van der Waals surface area (Å²) >= 11 is 11.9. The average Bonchev–Trinajstić information content (AvgIpc) is 2.60. The zero-order chi connectivity index (χ0) is 11.9. The Bertz CT molecular complexity index is 522. The van der Waals surface area contributed by atoms with Crippen LogP contribution in [0, 0.1) is 0 Å². The molecule has 0 bridgehead atoms. The van der Waals surface area contributed by atoms with Crippen molar-refractivity contribution in [1.29, 1.82) is 0 Å². The van der Waals surface area contributed by atoms with Gasteiger partial charge in [0.05, 0.1) is 5.02 Å². The summed E-state index contributed by atoms with van der Waals surface area (Å²) in [5, 5.41) is 1.02. The molecule has 1 aromatic heterocycles. The number of fused-ring (bicyclic) bond motifs is 1. The Morgan fingerprint density at radius 3 is 2.62 bits per heavy atom. The van der Waals surface area contributed by atoms with Crippen LogP contribution in [0.5, 0.6) is 0 Å². The summed E-state index contributed by atoms with van der Waals surface area (Å²) in [4.78, 5) is 4.34. The number of benzene rings is 1. The Morgan fingerprint density at radius 1 is 1.31 bits per heavy atom. The first-order valence-electron chi connectivity index (χ1n) is 5.00. The van der Waals surface area contributed by atoms with Crippen molar-refractivity contribution in [2.24, 2.45) is 5.73 Å². The van der Waals surface area contributed by atoms with Crippen molar-refractivity contribution in [3.63, 3.8) is 0 Å². The highest BCUT2D eigenvalue weighted by molar-refractivity contribution is 6.37. The summed E-state index contributed by atoms with van der Waals surface area (Å²) in [6, 6.07) is 3.34. The summed E-state index contributed by atoms with van der Waals surface area (Å²) in [7, 11) is 0. The maximum atomic E-state index is 6.01. The standard InChI is InChI=1S/C11H12Cl2N2O/c1-5(6(2)14)11-15-9-4-7(12)3-8(13)10(9)16-11/h3-6H,14H2,1-2H3. The quantitative estimate of drug-likeness (QED) is 0.896. The molecule has 5 heteroatoms. The molecule has 0 aliphatic carbocycles. The summed E-state index contributed by atoms with van der Waals surface area (Å²) in [5.74, 6) is 0.636. The Balaban J connectivity index is 2.56. The monoisotopic (exact) mass is 258 g/mol. The van der Waals surface area contributed by atoms with Crippen molar-refractivity contribution in [2.45, 2.75) is 25.8 Å². The van der Waals surface area contributed by atoms with Gasteiger partial charge >= 0.3 is 0 Å². The molecule has 0 radical (unpaired) electrons. The summed E-state index contributed by atoms with van der Waals surface area (Å²) in [6.45, 7) is 3.87. The fourth-order valence-corrected chi connectivity index (χ4v) is 1.92. The van der Waals surface area contributed by atoms with Crippen LogP contribution >= 0.6 is 23.2 Å². The first-order valence-corrected chi connectivity index (χ1v) is 5.75. The van der Waals surface area contributed by atoms with Gasteiger partial charge in [-0.25, -0.2) is 4.98 Å². The Labute approximate surface area is 104 Å². The molecule has 2 aromatic rings. The van der Waals surface area contributed by atoms with Crippen LogP contribution in [-0.2, 0) is 0 Å². The lowest BCUT2D eigenvalue weighted by molar-refractivity contribution is 0.451. The summed E-state index contributed by atoms with van der Waals surface area (Å²) < 4.78 is 5.60. The second kappa shape index (κ2) is 4.24. The van der Waals surface area contributed by atoms with Crippen molar-refractivity contribution >= 4 is 34.3 Å². The molecule has 16 heavy (non-hydrogen) atoms. The Morgan fingerprint density at radius 2 is 2.00 bits per heavy atom. The van der Waals surface area contributed by atoms with E-state index >= 15 is 0 Å². The molecule has 86 valence electrons. The number of nitrogens with zero attached hydrogens (tertiary/aromatic N) is 1. The van der Waals surface area contributed by atoms with E-state index in [1.165, 1.54) is 0 Å². The van der Waals surface area contributed by atoms with Gasteiger partial charge in [-0.05, 0) is 19.1 Å². The van der Waals surface area contributed by atoms with Crippen molar-refractivity contribution in [3.05, 3.63) is 28.1 Å². The Hall–Kier alpha value is -0.770. The third-order valence-corrected chi connectivity index (χ3v) is 3.10. The lowest BCUT2D eigenvalue weighted by atomic mass is 10.1. The highest BCUT2D eigenvalue weighted by atomic mass is 35.5. The predicted octanol–water partition coefficient (Wildman–Crippen LogP) is 3.59. The van der Waals surface area contributed by atoms with Gasteiger partial charge in [-0.2, -0.15) is 0 Å². The molecule has 1 aromatic carbocycles. The molecule has 0 aliphatic heterocycles. The number of hydrogen-bond donors (Lipinski definition) is 1. The van der Waals surface area contributed by atoms with Crippen LogP contribution in [0.1, 0.15) is 25.7 Å². The normalized spacial score (nSPS) is 15.3. The largest absolute Gasteiger partial charge is 0.439 e. The Kier molecular flexibility index (Phi) is 3.10. The highest BCUT2D eigenvalue weighted by Crippen LogP contribution is 2.30. The van der Waals surface area contributed by atoms with Crippen molar-refractivity contribution in [3.8, 4) is 0 Å². The molecule has 0 spiro atoms. The molecule has 0 aliphatic rings. The lowest BCUT2D eigenvalue weighted by Crippen LogP contribution is -2.22. The fraction of sp³-hybridized carbons (Fsp3) is 0.364. The number of aromatic nitrogens is 1. The maximum absolute atomic E-state index is 6.01. The van der Waals surface area contributed by atoms with Crippen LogP contribution in [0.4, 0.5) is 0 Å². The molecule has 0 fully saturated rings. The van der Waals surface area contributed by atoms with E-state index in [2.05, 4.69) is 4.98 Å². The van der Waals surface area contributed by atoms with E-state index in [1.54, 1.807) is 12.1 Å². The molecule has 2 atom stereocenters. The van der Waals surface area contributed by atoms with Crippen LogP contribution in [0.25, 0.3) is 11.1 Å². The van der Waals surface area contributed by atoms with Gasteiger partial charge < -0.3 is 10.2 Å². The third-order valence-electron chi connectivity index (χ3n) is 2.60. The number of nitrogens with two attached hydrogens (primary N) is 1. The van der Waals surface area contributed by atoms with Crippen LogP contribution in [-0.4, -0.2) is 11.0 Å². The SMILES string of the molecule is CC(N)C(C)c1nc2cc(Cl)cc(Cl)c2o1. The minimum absolute atomic E-state index is 0.0256. The predicted molar refractivity (Wildman–Crippen MR) is 66.1 cm³/mol. The molecule has 1 heterocycles. The summed E-state index contributed by atoms with van der Waals surface area (Å²) in [5.41, 5.74) is 7.03. The van der Waals surface area contributed by atoms with Gasteiger partial charge in [-0.1, -0.05) is 30.1 Å². The highest BCUT2D eigenvalue weighted by Gasteiger charge is 2.18. The van der Waals surface area contributed by atoms with E-state index < -0.39 is 0 Å². The molecular formula is C11H12Cl2N2O. The van der Waals surface area contributed by atoms with Gasteiger partial charge in [-0.3, -0.25) is 0 Å². The molecule has 2 unspecified atom stereocenters. The number of oxazole rings is 1. The van der Waals surface area contributed by atoms with Gasteiger partial charge in [-0.15, -0.1) is 0 Å². The molecule has 0 saturated heterocycles. The smallest absolute Gasteiger partial charge is 0.199 e. The average molecular weight is 259 g/mol. The first kappa shape index (κ1) is 11.7. The second-order valence-corrected chi connectivity index (χ2v) is 4.78. The van der Waals surface area contributed by atoms with E-state index in [-0.39, 0.29) is 12.0 Å². The van der Waals surface area contributed by atoms with Crippen molar-refractivity contribution in [1.82, 2.24) is 4.98 Å². The van der Waals surface area contributed by atoms with Crippen LogP contribution < -0.4 is 5.73 Å². The van der Waals surface area contributed by atoms with E-state index in [0.29, 0.717) is 27.0 Å². The molecule has 2 rings (SSSR count). The lowest BCUT2D eigenvalue weighted by Gasteiger charge is -2.10. The fourth-order valence-electron chi connectivity index (χ4n) is 1.40. The van der Waals surface area contributed by atoms with Crippen LogP contribution in [0.3, 0.4) is 0 Å². The zero-order valence-corrected chi connectivity index (χ0v) is 10.5. The topological polar surface area (TPSA) is 52.0 Å². The first-order chi connectivity index (χ1) is 7.49. The zero-order valence-electron chi connectivity index (χ0n) is 9.00. The van der Waals surface area contributed by atoms with Gasteiger partial charge in [0.1, 0.15) is 5.52 Å². The second-order valence-electron chi connectivity index (χ2n) is 3.94. The number of halogens is 2. The minimum atomic E-state index is -0.0256. The molecule has 0 amide bonds. The van der Waals surface area contributed by atoms with Crippen molar-refractivity contribution < 1.29 is 4.42 Å². The van der Waals surface area contributed by atoms with Crippen molar-refractivity contribution in [2.75, 3.05) is 0 Å². The van der Waals surface area contributed by atoms with Crippen LogP contribution in [0.2, 0.25) is 10.0 Å². The molecule has 3 nitrogen and oxygen atoms in total. The summed E-state index contributed by atoms with van der Waals surface area (Å²) in [6.07, 6.45) is 0. The van der Waals surface area contributed by atoms with E-state index in [1.807, 2.05) is 13.8 Å². The van der Waals surface area contributed by atoms with Gasteiger partial charge in [0.15, 0.2) is 11.5 Å². The van der Waals surface area contributed by atoms with Gasteiger partial charge in [0, 0.05) is 17.0 Å². The van der Waals surface area contributed by atoms with E-state index in [0.717, 1.165) is 0 Å². The van der Waals surface area contributed by atoms with E-state index in [9.17, 15) is 0 Å². The number of hydrogen-bond acceptors (Lipinski definition) is 3. The molecule has 0 saturated carbocycles. The van der Waals surface area contributed by atoms with Crippen LogP contribution in [0.15, 0.2) is 16.5 Å². The third kappa shape index (κ3) is 2.03. The molecular weight excluding hydrogens is 247 g/mol. The maximum Gasteiger partial charge on any atom is 0.199 e. The minimum Gasteiger partial charge on any atom is -0.439 e. The van der Waals surface area contributed by atoms with Gasteiger partial charge in [0.2, 0.25) is 0 Å².